The SMILES string of the molecule is CCN(CC)c1ccc(C(=O)OC(=O)N(c2ccc(F)cc2)c2ccc(F)cc2)cn1. The number of carbonyl (C=O) groups excluding carboxylic acids is 2. The third kappa shape index (κ3) is 5.22. The summed E-state index contributed by atoms with van der Waals surface area (Å²) in [5, 5.41) is 0. The molecule has 3 rings (SSSR count). The Labute approximate surface area is 178 Å². The number of aromatic nitrogens is 1. The molecule has 0 N–H and O–H groups in total. The standard InChI is InChI=1S/C23H21F2N3O3/c1-3-27(4-2)21-14-5-16(15-26-21)22(29)31-23(30)28(19-10-6-17(24)7-11-19)20-12-8-18(25)9-13-20/h5-15H,3-4H2,1-2H3. The highest BCUT2D eigenvalue weighted by atomic mass is 19.1. The minimum absolute atomic E-state index is 0.0995. The molecule has 0 unspecified atom stereocenters. The number of halogens is 2. The van der Waals surface area contributed by atoms with Gasteiger partial charge in [0.25, 0.3) is 0 Å². The van der Waals surface area contributed by atoms with Crippen LogP contribution in [0.3, 0.4) is 0 Å². The van der Waals surface area contributed by atoms with Gasteiger partial charge in [-0.3, -0.25) is 0 Å². The van der Waals surface area contributed by atoms with Crippen molar-refractivity contribution < 1.29 is 23.1 Å². The maximum Gasteiger partial charge on any atom is 0.426 e. The van der Waals surface area contributed by atoms with Gasteiger partial charge in [0.1, 0.15) is 17.5 Å². The molecule has 0 aliphatic rings. The van der Waals surface area contributed by atoms with E-state index < -0.39 is 23.7 Å². The van der Waals surface area contributed by atoms with Crippen molar-refractivity contribution in [1.82, 2.24) is 4.98 Å². The molecule has 0 radical (unpaired) electrons. The predicted octanol–water partition coefficient (Wildman–Crippen LogP) is 5.32. The van der Waals surface area contributed by atoms with Gasteiger partial charge in [0.15, 0.2) is 0 Å². The maximum atomic E-state index is 13.3. The normalized spacial score (nSPS) is 10.5. The largest absolute Gasteiger partial charge is 0.426 e. The minimum atomic E-state index is -1.02. The second-order valence-electron chi connectivity index (χ2n) is 6.52. The van der Waals surface area contributed by atoms with Crippen molar-refractivity contribution in [3.63, 3.8) is 0 Å². The van der Waals surface area contributed by atoms with E-state index in [1.54, 1.807) is 6.07 Å². The van der Waals surface area contributed by atoms with E-state index in [2.05, 4.69) is 4.98 Å². The first-order chi connectivity index (χ1) is 14.9. The van der Waals surface area contributed by atoms with Crippen molar-refractivity contribution in [2.24, 2.45) is 0 Å². The Hall–Kier alpha value is -3.81. The lowest BCUT2D eigenvalue weighted by molar-refractivity contribution is 0.0637. The maximum absolute atomic E-state index is 13.3. The summed E-state index contributed by atoms with van der Waals surface area (Å²) in [5.74, 6) is -1.18. The van der Waals surface area contributed by atoms with Gasteiger partial charge in [0.2, 0.25) is 0 Å². The van der Waals surface area contributed by atoms with Gasteiger partial charge in [-0.1, -0.05) is 0 Å². The highest BCUT2D eigenvalue weighted by molar-refractivity contribution is 6.04. The Morgan fingerprint density at radius 3 is 1.77 bits per heavy atom. The van der Waals surface area contributed by atoms with Gasteiger partial charge in [0.05, 0.1) is 16.9 Å². The fourth-order valence-electron chi connectivity index (χ4n) is 2.97. The molecule has 160 valence electrons. The monoisotopic (exact) mass is 425 g/mol. The Morgan fingerprint density at radius 2 is 1.35 bits per heavy atom. The van der Waals surface area contributed by atoms with Crippen LogP contribution in [-0.4, -0.2) is 30.1 Å². The number of esters is 1. The van der Waals surface area contributed by atoms with Crippen molar-refractivity contribution in [1.29, 1.82) is 0 Å². The summed E-state index contributed by atoms with van der Waals surface area (Å²) in [6.07, 6.45) is 0.319. The van der Waals surface area contributed by atoms with Crippen LogP contribution in [0.1, 0.15) is 24.2 Å². The number of pyridine rings is 1. The van der Waals surface area contributed by atoms with E-state index in [1.165, 1.54) is 36.5 Å². The average molecular weight is 425 g/mol. The number of rotatable bonds is 6. The molecule has 0 aliphatic heterocycles. The van der Waals surface area contributed by atoms with Crippen LogP contribution in [0.2, 0.25) is 0 Å². The molecule has 8 heteroatoms. The van der Waals surface area contributed by atoms with Crippen LogP contribution >= 0.6 is 0 Å². The van der Waals surface area contributed by atoms with Gasteiger partial charge in [0, 0.05) is 19.3 Å². The molecule has 0 atom stereocenters. The lowest BCUT2D eigenvalue weighted by Crippen LogP contribution is -2.29. The quantitative estimate of drug-likeness (QED) is 0.395. The first-order valence-corrected chi connectivity index (χ1v) is 9.71. The van der Waals surface area contributed by atoms with Crippen LogP contribution in [0.4, 0.5) is 30.8 Å². The minimum Gasteiger partial charge on any atom is -0.372 e. The van der Waals surface area contributed by atoms with E-state index in [9.17, 15) is 18.4 Å². The third-order valence-corrected chi connectivity index (χ3v) is 4.60. The number of carbonyl (C=O) groups is 2. The summed E-state index contributed by atoms with van der Waals surface area (Å²) in [7, 11) is 0. The van der Waals surface area contributed by atoms with Crippen LogP contribution in [-0.2, 0) is 4.74 Å². The van der Waals surface area contributed by atoms with Gasteiger partial charge < -0.3 is 9.64 Å². The smallest absolute Gasteiger partial charge is 0.372 e. The summed E-state index contributed by atoms with van der Waals surface area (Å²) in [6.45, 7) is 5.50. The van der Waals surface area contributed by atoms with Gasteiger partial charge in [-0.2, -0.15) is 0 Å². The molecule has 31 heavy (non-hydrogen) atoms. The molecule has 3 aromatic rings. The van der Waals surface area contributed by atoms with Crippen molar-refractivity contribution >= 4 is 29.3 Å². The number of amides is 1. The molecule has 0 saturated heterocycles. The highest BCUT2D eigenvalue weighted by Gasteiger charge is 2.24. The van der Waals surface area contributed by atoms with Crippen LogP contribution in [0, 0.1) is 11.6 Å². The molecular weight excluding hydrogens is 404 g/mol. The van der Waals surface area contributed by atoms with Crippen molar-refractivity contribution in [3.8, 4) is 0 Å². The van der Waals surface area contributed by atoms with Gasteiger partial charge in [-0.25, -0.2) is 28.3 Å². The van der Waals surface area contributed by atoms with Crippen molar-refractivity contribution in [2.75, 3.05) is 22.9 Å². The van der Waals surface area contributed by atoms with E-state index in [0.717, 1.165) is 42.3 Å². The average Bonchev–Trinajstić information content (AvgIpc) is 2.78. The van der Waals surface area contributed by atoms with E-state index in [-0.39, 0.29) is 16.9 Å². The second-order valence-corrected chi connectivity index (χ2v) is 6.52. The molecule has 1 heterocycles. The third-order valence-electron chi connectivity index (χ3n) is 4.60. The Balaban J connectivity index is 1.83. The molecule has 0 aliphatic carbocycles. The predicted molar refractivity (Wildman–Crippen MR) is 114 cm³/mol. The van der Waals surface area contributed by atoms with Gasteiger partial charge >= 0.3 is 12.1 Å². The lowest BCUT2D eigenvalue weighted by Gasteiger charge is -2.22. The highest BCUT2D eigenvalue weighted by Crippen LogP contribution is 2.27. The zero-order valence-electron chi connectivity index (χ0n) is 17.1. The van der Waals surface area contributed by atoms with Gasteiger partial charge in [-0.15, -0.1) is 0 Å². The number of anilines is 3. The molecular formula is C23H21F2N3O3. The van der Waals surface area contributed by atoms with Gasteiger partial charge in [-0.05, 0) is 74.5 Å². The summed E-state index contributed by atoms with van der Waals surface area (Å²) >= 11 is 0. The molecule has 0 saturated carbocycles. The zero-order chi connectivity index (χ0) is 22.4. The van der Waals surface area contributed by atoms with E-state index >= 15 is 0 Å². The van der Waals surface area contributed by atoms with Crippen molar-refractivity contribution in [3.05, 3.63) is 84.1 Å². The number of hydrogen-bond acceptors (Lipinski definition) is 5. The van der Waals surface area contributed by atoms with Crippen LogP contribution in [0.25, 0.3) is 0 Å². The Kier molecular flexibility index (Phi) is 6.92. The molecule has 1 amide bonds. The van der Waals surface area contributed by atoms with E-state index in [0.29, 0.717) is 5.82 Å². The number of hydrogen-bond donors (Lipinski definition) is 0. The first-order valence-electron chi connectivity index (χ1n) is 9.71. The van der Waals surface area contributed by atoms with Crippen LogP contribution in [0.15, 0.2) is 66.9 Å². The van der Waals surface area contributed by atoms with E-state index in [1.807, 2.05) is 18.7 Å². The lowest BCUT2D eigenvalue weighted by atomic mass is 10.2. The summed E-state index contributed by atoms with van der Waals surface area (Å²) in [6, 6.07) is 13.3. The summed E-state index contributed by atoms with van der Waals surface area (Å²) in [5.41, 5.74) is 0.601. The molecule has 0 fully saturated rings. The molecule has 0 bridgehead atoms. The second kappa shape index (κ2) is 9.80. The molecule has 0 spiro atoms. The summed E-state index contributed by atoms with van der Waals surface area (Å²) < 4.78 is 31.7. The Morgan fingerprint density at radius 1 is 0.839 bits per heavy atom. The fourth-order valence-corrected chi connectivity index (χ4v) is 2.97. The summed E-state index contributed by atoms with van der Waals surface area (Å²) in [4.78, 5) is 32.6. The molecule has 2 aromatic carbocycles. The molecule has 1 aromatic heterocycles. The number of benzene rings is 2. The van der Waals surface area contributed by atoms with Crippen molar-refractivity contribution in [2.45, 2.75) is 13.8 Å². The fraction of sp³-hybridized carbons (Fsp3) is 0.174. The zero-order valence-corrected chi connectivity index (χ0v) is 17.1. The number of ether oxygens (including phenoxy) is 1. The number of nitrogens with zero attached hydrogens (tertiary/aromatic N) is 3. The van der Waals surface area contributed by atoms with E-state index in [4.69, 9.17) is 4.74 Å². The van der Waals surface area contributed by atoms with Crippen LogP contribution in [0.5, 0.6) is 0 Å². The topological polar surface area (TPSA) is 62.7 Å². The molecule has 6 nitrogen and oxygen atoms in total. The first kappa shape index (κ1) is 21.9. The van der Waals surface area contributed by atoms with Crippen LogP contribution < -0.4 is 9.80 Å². The Bertz CT molecular complexity index is 990.